The Balaban J connectivity index is 2.70. The predicted octanol–water partition coefficient (Wildman–Crippen LogP) is 1.69. The van der Waals surface area contributed by atoms with Crippen LogP contribution in [0.3, 0.4) is 0 Å². The average molecular weight is 211 g/mol. The molecular formula is C11H21N3O. The summed E-state index contributed by atoms with van der Waals surface area (Å²) in [5.41, 5.74) is -0.607. The fourth-order valence-corrected chi connectivity index (χ4v) is 2.01. The fraction of sp³-hybridized carbons (Fsp3) is 0.818. The van der Waals surface area contributed by atoms with Gasteiger partial charge in [0.1, 0.15) is 12.2 Å². The van der Waals surface area contributed by atoms with Gasteiger partial charge in [-0.05, 0) is 12.8 Å². The third-order valence-corrected chi connectivity index (χ3v) is 2.72. The minimum atomic E-state index is -0.607. The van der Waals surface area contributed by atoms with Gasteiger partial charge in [0.25, 0.3) is 0 Å². The lowest BCUT2D eigenvalue weighted by Gasteiger charge is -2.26. The van der Waals surface area contributed by atoms with E-state index in [0.717, 1.165) is 31.5 Å². The molecule has 0 fully saturated rings. The van der Waals surface area contributed by atoms with Gasteiger partial charge in [0.2, 0.25) is 0 Å². The summed E-state index contributed by atoms with van der Waals surface area (Å²) in [6, 6.07) is 0. The molecule has 15 heavy (non-hydrogen) atoms. The number of rotatable bonds is 6. The largest absolute Gasteiger partial charge is 0.389 e. The SMILES string of the molecule is CCCC(O)(CCC)Cc1ncnn1C. The lowest BCUT2D eigenvalue weighted by molar-refractivity contribution is 0.0190. The zero-order valence-corrected chi connectivity index (χ0v) is 9.90. The molecule has 1 aromatic rings. The summed E-state index contributed by atoms with van der Waals surface area (Å²) < 4.78 is 1.73. The highest BCUT2D eigenvalue weighted by Crippen LogP contribution is 2.23. The molecule has 1 rings (SSSR count). The van der Waals surface area contributed by atoms with Gasteiger partial charge in [0.15, 0.2) is 0 Å². The second-order valence-electron chi connectivity index (χ2n) is 4.20. The topological polar surface area (TPSA) is 50.9 Å². The molecule has 4 heteroatoms. The number of hydrogen-bond acceptors (Lipinski definition) is 3. The first kappa shape index (κ1) is 12.2. The van der Waals surface area contributed by atoms with Crippen molar-refractivity contribution in [1.82, 2.24) is 14.8 Å². The summed E-state index contributed by atoms with van der Waals surface area (Å²) in [5, 5.41) is 14.4. The first-order valence-electron chi connectivity index (χ1n) is 5.66. The van der Waals surface area contributed by atoms with E-state index >= 15 is 0 Å². The number of hydrogen-bond donors (Lipinski definition) is 1. The molecule has 0 bridgehead atoms. The van der Waals surface area contributed by atoms with Crippen molar-refractivity contribution in [1.29, 1.82) is 0 Å². The van der Waals surface area contributed by atoms with E-state index in [9.17, 15) is 5.11 Å². The molecule has 4 nitrogen and oxygen atoms in total. The van der Waals surface area contributed by atoms with Crippen molar-refractivity contribution in [2.75, 3.05) is 0 Å². The van der Waals surface area contributed by atoms with Gasteiger partial charge in [0.05, 0.1) is 5.60 Å². The highest BCUT2D eigenvalue weighted by molar-refractivity contribution is 4.93. The van der Waals surface area contributed by atoms with Crippen LogP contribution in [0.5, 0.6) is 0 Å². The summed E-state index contributed by atoms with van der Waals surface area (Å²) in [5.74, 6) is 0.861. The molecule has 0 amide bonds. The lowest BCUT2D eigenvalue weighted by Crippen LogP contribution is -2.32. The van der Waals surface area contributed by atoms with Crippen molar-refractivity contribution in [2.45, 2.75) is 51.6 Å². The molecule has 1 heterocycles. The summed E-state index contributed by atoms with van der Waals surface area (Å²) >= 11 is 0. The maximum absolute atomic E-state index is 10.4. The van der Waals surface area contributed by atoms with Crippen molar-refractivity contribution < 1.29 is 5.11 Å². The van der Waals surface area contributed by atoms with Crippen LogP contribution in [-0.4, -0.2) is 25.5 Å². The normalized spacial score (nSPS) is 12.0. The van der Waals surface area contributed by atoms with Crippen LogP contribution in [0.15, 0.2) is 6.33 Å². The maximum atomic E-state index is 10.4. The maximum Gasteiger partial charge on any atom is 0.138 e. The lowest BCUT2D eigenvalue weighted by atomic mass is 9.89. The quantitative estimate of drug-likeness (QED) is 0.779. The number of aliphatic hydroxyl groups is 1. The van der Waals surface area contributed by atoms with Gasteiger partial charge in [-0.3, -0.25) is 4.68 Å². The van der Waals surface area contributed by atoms with Gasteiger partial charge < -0.3 is 5.11 Å². The Bertz CT molecular complexity index is 290. The third kappa shape index (κ3) is 3.30. The zero-order chi connectivity index (χ0) is 11.3. The van der Waals surface area contributed by atoms with Gasteiger partial charge in [-0.15, -0.1) is 0 Å². The van der Waals surface area contributed by atoms with Crippen molar-refractivity contribution in [3.05, 3.63) is 12.2 Å². The Kier molecular flexibility index (Phi) is 4.27. The molecule has 0 saturated carbocycles. The summed E-state index contributed by atoms with van der Waals surface area (Å²) in [6.45, 7) is 4.19. The highest BCUT2D eigenvalue weighted by atomic mass is 16.3. The van der Waals surface area contributed by atoms with Gasteiger partial charge in [0, 0.05) is 13.5 Å². The molecule has 86 valence electrons. The van der Waals surface area contributed by atoms with Crippen LogP contribution >= 0.6 is 0 Å². The van der Waals surface area contributed by atoms with Crippen molar-refractivity contribution >= 4 is 0 Å². The summed E-state index contributed by atoms with van der Waals surface area (Å²) in [6.07, 6.45) is 5.78. The molecule has 0 atom stereocenters. The molecule has 0 aliphatic rings. The van der Waals surface area contributed by atoms with Gasteiger partial charge in [-0.2, -0.15) is 5.10 Å². The molecule has 0 aromatic carbocycles. The van der Waals surface area contributed by atoms with E-state index in [0.29, 0.717) is 6.42 Å². The predicted molar refractivity (Wildman–Crippen MR) is 59.5 cm³/mol. The minimum Gasteiger partial charge on any atom is -0.389 e. The van der Waals surface area contributed by atoms with Gasteiger partial charge in [-0.25, -0.2) is 4.98 Å². The van der Waals surface area contributed by atoms with Gasteiger partial charge >= 0.3 is 0 Å². The smallest absolute Gasteiger partial charge is 0.138 e. The molecule has 1 N–H and O–H groups in total. The molecule has 1 aromatic heterocycles. The number of aromatic nitrogens is 3. The monoisotopic (exact) mass is 211 g/mol. The molecule has 0 spiro atoms. The second-order valence-corrected chi connectivity index (χ2v) is 4.20. The summed E-state index contributed by atoms with van der Waals surface area (Å²) in [4.78, 5) is 4.16. The van der Waals surface area contributed by atoms with Crippen LogP contribution in [0, 0.1) is 0 Å². The van der Waals surface area contributed by atoms with Crippen molar-refractivity contribution in [3.8, 4) is 0 Å². The van der Waals surface area contributed by atoms with Crippen LogP contribution in [0.2, 0.25) is 0 Å². The fourth-order valence-electron chi connectivity index (χ4n) is 2.01. The van der Waals surface area contributed by atoms with E-state index in [-0.39, 0.29) is 0 Å². The first-order chi connectivity index (χ1) is 7.11. The standard InChI is InChI=1S/C11H21N3O/c1-4-6-11(15,7-5-2)8-10-12-9-13-14(10)3/h9,15H,4-8H2,1-3H3. The third-order valence-electron chi connectivity index (χ3n) is 2.72. The Labute approximate surface area is 91.3 Å². The summed E-state index contributed by atoms with van der Waals surface area (Å²) in [7, 11) is 1.86. The Morgan fingerprint density at radius 3 is 2.33 bits per heavy atom. The first-order valence-corrected chi connectivity index (χ1v) is 5.66. The molecule has 0 aliphatic heterocycles. The van der Waals surface area contributed by atoms with E-state index in [1.165, 1.54) is 6.33 Å². The molecule has 0 aliphatic carbocycles. The minimum absolute atomic E-state index is 0.602. The highest BCUT2D eigenvalue weighted by Gasteiger charge is 2.27. The van der Waals surface area contributed by atoms with Crippen LogP contribution in [0.1, 0.15) is 45.4 Å². The van der Waals surface area contributed by atoms with Crippen LogP contribution < -0.4 is 0 Å². The number of aryl methyl sites for hydroxylation is 1. The van der Waals surface area contributed by atoms with E-state index in [1.54, 1.807) is 4.68 Å². The van der Waals surface area contributed by atoms with Crippen molar-refractivity contribution in [3.63, 3.8) is 0 Å². The Morgan fingerprint density at radius 1 is 1.33 bits per heavy atom. The zero-order valence-electron chi connectivity index (χ0n) is 9.90. The second kappa shape index (κ2) is 5.26. The van der Waals surface area contributed by atoms with E-state index in [2.05, 4.69) is 23.9 Å². The Hall–Kier alpha value is -0.900. The average Bonchev–Trinajstić information content (AvgIpc) is 2.52. The van der Waals surface area contributed by atoms with Crippen LogP contribution in [0.4, 0.5) is 0 Å². The van der Waals surface area contributed by atoms with E-state index in [1.807, 2.05) is 7.05 Å². The molecule has 0 saturated heterocycles. The van der Waals surface area contributed by atoms with Crippen molar-refractivity contribution in [2.24, 2.45) is 7.05 Å². The van der Waals surface area contributed by atoms with E-state index < -0.39 is 5.60 Å². The number of nitrogens with zero attached hydrogens (tertiary/aromatic N) is 3. The van der Waals surface area contributed by atoms with Crippen LogP contribution in [0.25, 0.3) is 0 Å². The molecule has 0 unspecified atom stereocenters. The Morgan fingerprint density at radius 2 is 1.93 bits per heavy atom. The molecular weight excluding hydrogens is 190 g/mol. The molecule has 0 radical (unpaired) electrons. The van der Waals surface area contributed by atoms with E-state index in [4.69, 9.17) is 0 Å². The van der Waals surface area contributed by atoms with Gasteiger partial charge in [-0.1, -0.05) is 26.7 Å². The van der Waals surface area contributed by atoms with Crippen LogP contribution in [-0.2, 0) is 13.5 Å².